The van der Waals surface area contributed by atoms with Crippen molar-refractivity contribution in [1.29, 1.82) is 0 Å². The SMILES string of the molecule is CC(=NC1=C(C=O)CN(Cc2ccccc2F)CC1)N(C)C(c1ccccc1)c1ccccc1. The van der Waals surface area contributed by atoms with Crippen molar-refractivity contribution in [2.24, 2.45) is 4.99 Å². The molecule has 0 unspecified atom stereocenters. The van der Waals surface area contributed by atoms with Crippen LogP contribution in [0.15, 0.2) is 101 Å². The number of amidine groups is 1. The number of rotatable bonds is 7. The first-order valence-corrected chi connectivity index (χ1v) is 11.6. The van der Waals surface area contributed by atoms with E-state index in [2.05, 4.69) is 34.1 Å². The fraction of sp³-hybridized carbons (Fsp3) is 0.241. The molecule has 0 bridgehead atoms. The van der Waals surface area contributed by atoms with Gasteiger partial charge < -0.3 is 4.90 Å². The molecule has 1 aliphatic heterocycles. The molecule has 1 heterocycles. The molecule has 3 aromatic rings. The van der Waals surface area contributed by atoms with E-state index < -0.39 is 0 Å². The van der Waals surface area contributed by atoms with Crippen molar-refractivity contribution in [1.82, 2.24) is 9.80 Å². The molecule has 0 spiro atoms. The van der Waals surface area contributed by atoms with Crippen molar-refractivity contribution in [2.45, 2.75) is 25.9 Å². The van der Waals surface area contributed by atoms with Gasteiger partial charge in [0.05, 0.1) is 11.7 Å². The summed E-state index contributed by atoms with van der Waals surface area (Å²) >= 11 is 0. The van der Waals surface area contributed by atoms with Gasteiger partial charge in [0.2, 0.25) is 0 Å². The highest BCUT2D eigenvalue weighted by molar-refractivity contribution is 5.83. The van der Waals surface area contributed by atoms with Gasteiger partial charge in [0.25, 0.3) is 0 Å². The van der Waals surface area contributed by atoms with Crippen molar-refractivity contribution in [3.63, 3.8) is 0 Å². The molecule has 0 amide bonds. The van der Waals surface area contributed by atoms with E-state index in [1.807, 2.05) is 56.4 Å². The van der Waals surface area contributed by atoms with Crippen LogP contribution in [0.1, 0.15) is 36.1 Å². The Morgan fingerprint density at radius 3 is 2.18 bits per heavy atom. The molecule has 34 heavy (non-hydrogen) atoms. The molecule has 0 radical (unpaired) electrons. The highest BCUT2D eigenvalue weighted by Crippen LogP contribution is 2.29. The predicted molar refractivity (Wildman–Crippen MR) is 135 cm³/mol. The Labute approximate surface area is 201 Å². The van der Waals surface area contributed by atoms with E-state index in [-0.39, 0.29) is 11.9 Å². The van der Waals surface area contributed by atoms with E-state index in [0.29, 0.717) is 30.6 Å². The molecule has 0 saturated carbocycles. The molecule has 0 saturated heterocycles. The molecule has 174 valence electrons. The first kappa shape index (κ1) is 23.6. The molecule has 5 heteroatoms. The molecule has 4 nitrogen and oxygen atoms in total. The van der Waals surface area contributed by atoms with Crippen molar-refractivity contribution >= 4 is 12.1 Å². The Kier molecular flexibility index (Phi) is 7.65. The maximum Gasteiger partial charge on any atom is 0.149 e. The highest BCUT2D eigenvalue weighted by Gasteiger charge is 2.23. The summed E-state index contributed by atoms with van der Waals surface area (Å²) in [5, 5.41) is 0. The van der Waals surface area contributed by atoms with E-state index in [1.165, 1.54) is 17.2 Å². The standard InChI is InChI=1S/C29H30FN3O/c1-22(32(2)29(23-11-5-3-6-12-23)24-13-7-4-8-14-24)31-28-17-18-33(20-26(28)21-34)19-25-15-9-10-16-27(25)30/h3-16,21,29H,17-20H2,1-2H3. The van der Waals surface area contributed by atoms with Crippen LogP contribution in [0.3, 0.4) is 0 Å². The molecular formula is C29H30FN3O. The number of carbonyl (C=O) groups excluding carboxylic acids is 1. The monoisotopic (exact) mass is 455 g/mol. The lowest BCUT2D eigenvalue weighted by molar-refractivity contribution is -0.105. The second-order valence-corrected chi connectivity index (χ2v) is 8.64. The molecule has 0 aliphatic carbocycles. The van der Waals surface area contributed by atoms with Crippen LogP contribution < -0.4 is 0 Å². The lowest BCUT2D eigenvalue weighted by Gasteiger charge is -2.32. The zero-order chi connectivity index (χ0) is 23.9. The molecule has 0 N–H and O–H groups in total. The van der Waals surface area contributed by atoms with E-state index in [0.717, 1.165) is 24.4 Å². The third kappa shape index (κ3) is 5.49. The zero-order valence-electron chi connectivity index (χ0n) is 19.7. The van der Waals surface area contributed by atoms with Gasteiger partial charge in [-0.05, 0) is 24.1 Å². The summed E-state index contributed by atoms with van der Waals surface area (Å²) in [6.45, 7) is 3.65. The van der Waals surface area contributed by atoms with Gasteiger partial charge in [-0.1, -0.05) is 78.9 Å². The summed E-state index contributed by atoms with van der Waals surface area (Å²) in [6, 6.07) is 27.5. The van der Waals surface area contributed by atoms with Crippen molar-refractivity contribution in [2.75, 3.05) is 20.1 Å². The smallest absolute Gasteiger partial charge is 0.149 e. The number of aldehydes is 1. The topological polar surface area (TPSA) is 35.9 Å². The van der Waals surface area contributed by atoms with E-state index in [4.69, 9.17) is 4.99 Å². The first-order valence-electron chi connectivity index (χ1n) is 11.6. The molecule has 0 aromatic heterocycles. The quantitative estimate of drug-likeness (QED) is 0.263. The normalized spacial score (nSPS) is 15.0. The van der Waals surface area contributed by atoms with Crippen LogP contribution in [0.5, 0.6) is 0 Å². The van der Waals surface area contributed by atoms with Crippen LogP contribution in [-0.2, 0) is 11.3 Å². The summed E-state index contributed by atoms with van der Waals surface area (Å²) in [5.41, 5.74) is 4.46. The molecular weight excluding hydrogens is 425 g/mol. The predicted octanol–water partition coefficient (Wildman–Crippen LogP) is 5.62. The molecule has 0 fully saturated rings. The minimum Gasteiger partial charge on any atom is -0.352 e. The summed E-state index contributed by atoms with van der Waals surface area (Å²) in [7, 11) is 2.04. The Morgan fingerprint density at radius 1 is 1.00 bits per heavy atom. The number of nitrogens with zero attached hydrogens (tertiary/aromatic N) is 3. The first-order chi connectivity index (χ1) is 16.6. The molecule has 4 rings (SSSR count). The van der Waals surface area contributed by atoms with Crippen LogP contribution in [-0.4, -0.2) is 42.1 Å². The number of carbonyl (C=O) groups is 1. The van der Waals surface area contributed by atoms with Crippen LogP contribution in [0.25, 0.3) is 0 Å². The Bertz CT molecular complexity index is 1130. The summed E-state index contributed by atoms with van der Waals surface area (Å²) < 4.78 is 14.1. The third-order valence-electron chi connectivity index (χ3n) is 6.35. The van der Waals surface area contributed by atoms with Gasteiger partial charge in [0.15, 0.2) is 0 Å². The highest BCUT2D eigenvalue weighted by atomic mass is 19.1. The number of hydrogen-bond donors (Lipinski definition) is 0. The minimum absolute atomic E-state index is 0.00701. The summed E-state index contributed by atoms with van der Waals surface area (Å²) in [4.78, 5) is 21.1. The van der Waals surface area contributed by atoms with Crippen LogP contribution >= 0.6 is 0 Å². The van der Waals surface area contributed by atoms with Gasteiger partial charge in [0.1, 0.15) is 17.9 Å². The largest absolute Gasteiger partial charge is 0.352 e. The summed E-state index contributed by atoms with van der Waals surface area (Å²) in [6.07, 6.45) is 1.54. The summed E-state index contributed by atoms with van der Waals surface area (Å²) in [5.74, 6) is 0.628. The lowest BCUT2D eigenvalue weighted by Crippen LogP contribution is -2.33. The van der Waals surface area contributed by atoms with E-state index >= 15 is 0 Å². The van der Waals surface area contributed by atoms with Crippen LogP contribution in [0.2, 0.25) is 0 Å². The number of halogens is 1. The van der Waals surface area contributed by atoms with E-state index in [9.17, 15) is 9.18 Å². The average Bonchev–Trinajstić information content (AvgIpc) is 2.87. The van der Waals surface area contributed by atoms with Crippen molar-refractivity contribution in [3.8, 4) is 0 Å². The molecule has 1 aliphatic rings. The second kappa shape index (κ2) is 11.0. The molecule has 0 atom stereocenters. The van der Waals surface area contributed by atoms with Gasteiger partial charge >= 0.3 is 0 Å². The Balaban J connectivity index is 1.57. The van der Waals surface area contributed by atoms with Crippen molar-refractivity contribution < 1.29 is 9.18 Å². The van der Waals surface area contributed by atoms with Crippen LogP contribution in [0.4, 0.5) is 4.39 Å². The van der Waals surface area contributed by atoms with Gasteiger partial charge in [-0.25, -0.2) is 9.38 Å². The van der Waals surface area contributed by atoms with Gasteiger partial charge in [-0.3, -0.25) is 9.69 Å². The number of benzene rings is 3. The minimum atomic E-state index is -0.215. The van der Waals surface area contributed by atoms with Gasteiger partial charge in [0, 0.05) is 44.2 Å². The van der Waals surface area contributed by atoms with E-state index in [1.54, 1.807) is 12.1 Å². The van der Waals surface area contributed by atoms with Crippen LogP contribution in [0, 0.1) is 5.82 Å². The maximum atomic E-state index is 14.1. The van der Waals surface area contributed by atoms with Crippen molar-refractivity contribution in [3.05, 3.63) is 119 Å². The second-order valence-electron chi connectivity index (χ2n) is 8.64. The number of aliphatic imine (C=N–C) groups is 1. The zero-order valence-corrected chi connectivity index (χ0v) is 19.7. The Hall–Kier alpha value is -3.57. The Morgan fingerprint density at radius 2 is 1.59 bits per heavy atom. The fourth-order valence-corrected chi connectivity index (χ4v) is 4.44. The van der Waals surface area contributed by atoms with Gasteiger partial charge in [-0.15, -0.1) is 0 Å². The van der Waals surface area contributed by atoms with Gasteiger partial charge in [-0.2, -0.15) is 0 Å². The average molecular weight is 456 g/mol. The number of hydrogen-bond acceptors (Lipinski definition) is 3. The molecule has 3 aromatic carbocycles. The third-order valence-corrected chi connectivity index (χ3v) is 6.35. The maximum absolute atomic E-state index is 14.1. The lowest BCUT2D eigenvalue weighted by atomic mass is 9.97. The fourth-order valence-electron chi connectivity index (χ4n) is 4.44.